The molecular formula is C15H20N4. The van der Waals surface area contributed by atoms with E-state index in [2.05, 4.69) is 33.9 Å². The fourth-order valence-electron chi connectivity index (χ4n) is 1.99. The molecule has 0 saturated heterocycles. The van der Waals surface area contributed by atoms with E-state index in [9.17, 15) is 0 Å². The van der Waals surface area contributed by atoms with Gasteiger partial charge in [-0.25, -0.2) is 9.97 Å². The SMILES string of the molecule is CCc1cc(N(CCN)Cc2ccccc2)ncn1. The molecule has 1 heterocycles. The van der Waals surface area contributed by atoms with Crippen LogP contribution in [0.15, 0.2) is 42.7 Å². The number of hydrogen-bond acceptors (Lipinski definition) is 4. The average molecular weight is 256 g/mol. The minimum atomic E-state index is 0.609. The van der Waals surface area contributed by atoms with Gasteiger partial charge in [-0.05, 0) is 12.0 Å². The molecule has 100 valence electrons. The molecule has 1 aromatic carbocycles. The molecule has 0 bridgehead atoms. The molecule has 2 aromatic rings. The van der Waals surface area contributed by atoms with Gasteiger partial charge in [0.05, 0.1) is 0 Å². The lowest BCUT2D eigenvalue weighted by atomic mass is 10.2. The van der Waals surface area contributed by atoms with E-state index in [0.29, 0.717) is 6.54 Å². The molecule has 19 heavy (non-hydrogen) atoms. The Morgan fingerprint density at radius 1 is 1.16 bits per heavy atom. The van der Waals surface area contributed by atoms with Crippen molar-refractivity contribution in [1.82, 2.24) is 9.97 Å². The van der Waals surface area contributed by atoms with Crippen molar-refractivity contribution in [3.05, 3.63) is 54.0 Å². The predicted octanol–water partition coefficient (Wildman–Crippen LogP) is 2.00. The zero-order chi connectivity index (χ0) is 13.5. The van der Waals surface area contributed by atoms with Crippen LogP contribution in [0.5, 0.6) is 0 Å². The normalized spacial score (nSPS) is 10.4. The van der Waals surface area contributed by atoms with Gasteiger partial charge in [0, 0.05) is 31.4 Å². The van der Waals surface area contributed by atoms with E-state index in [4.69, 9.17) is 5.73 Å². The summed E-state index contributed by atoms with van der Waals surface area (Å²) in [6.45, 7) is 4.31. The van der Waals surface area contributed by atoms with Crippen LogP contribution in [-0.4, -0.2) is 23.1 Å². The molecule has 0 atom stereocenters. The molecule has 0 spiro atoms. The Morgan fingerprint density at radius 2 is 1.95 bits per heavy atom. The number of rotatable bonds is 6. The molecule has 0 aliphatic carbocycles. The molecule has 2 rings (SSSR count). The quantitative estimate of drug-likeness (QED) is 0.859. The second-order valence-corrected chi connectivity index (χ2v) is 4.42. The van der Waals surface area contributed by atoms with Gasteiger partial charge < -0.3 is 10.6 Å². The Balaban J connectivity index is 2.19. The van der Waals surface area contributed by atoms with E-state index in [1.165, 1.54) is 5.56 Å². The summed E-state index contributed by atoms with van der Waals surface area (Å²) in [4.78, 5) is 10.8. The van der Waals surface area contributed by atoms with Crippen LogP contribution in [0.4, 0.5) is 5.82 Å². The second-order valence-electron chi connectivity index (χ2n) is 4.42. The smallest absolute Gasteiger partial charge is 0.132 e. The summed E-state index contributed by atoms with van der Waals surface area (Å²) < 4.78 is 0. The Bertz CT molecular complexity index is 499. The average Bonchev–Trinajstić information content (AvgIpc) is 2.48. The Kier molecular flexibility index (Phi) is 4.86. The molecule has 2 N–H and O–H groups in total. The van der Waals surface area contributed by atoms with Crippen molar-refractivity contribution in [1.29, 1.82) is 0 Å². The molecule has 0 saturated carbocycles. The third kappa shape index (κ3) is 3.76. The van der Waals surface area contributed by atoms with Crippen LogP contribution in [0.25, 0.3) is 0 Å². The summed E-state index contributed by atoms with van der Waals surface area (Å²) in [6.07, 6.45) is 2.54. The Morgan fingerprint density at radius 3 is 2.63 bits per heavy atom. The van der Waals surface area contributed by atoms with Crippen LogP contribution in [0, 0.1) is 0 Å². The predicted molar refractivity (Wildman–Crippen MR) is 78.0 cm³/mol. The number of aromatic nitrogens is 2. The zero-order valence-corrected chi connectivity index (χ0v) is 11.3. The summed E-state index contributed by atoms with van der Waals surface area (Å²) in [5, 5.41) is 0. The van der Waals surface area contributed by atoms with Gasteiger partial charge in [0.2, 0.25) is 0 Å². The molecule has 0 unspecified atom stereocenters. The zero-order valence-electron chi connectivity index (χ0n) is 11.3. The molecule has 4 nitrogen and oxygen atoms in total. The lowest BCUT2D eigenvalue weighted by Crippen LogP contribution is -2.29. The highest BCUT2D eigenvalue weighted by molar-refractivity contribution is 5.40. The summed E-state index contributed by atoms with van der Waals surface area (Å²) in [5.41, 5.74) is 8.02. The molecule has 0 aliphatic heterocycles. The Labute approximate surface area is 114 Å². The van der Waals surface area contributed by atoms with Crippen molar-refractivity contribution in [2.24, 2.45) is 5.73 Å². The first-order chi connectivity index (χ1) is 9.33. The van der Waals surface area contributed by atoms with Crippen molar-refractivity contribution in [2.75, 3.05) is 18.0 Å². The maximum Gasteiger partial charge on any atom is 0.132 e. The number of aryl methyl sites for hydroxylation is 1. The monoisotopic (exact) mass is 256 g/mol. The maximum absolute atomic E-state index is 5.71. The molecule has 0 aliphatic rings. The van der Waals surface area contributed by atoms with Crippen molar-refractivity contribution in [3.8, 4) is 0 Å². The van der Waals surface area contributed by atoms with Gasteiger partial charge in [-0.3, -0.25) is 0 Å². The number of benzene rings is 1. The standard InChI is InChI=1S/C15H20N4/c1-2-14-10-15(18-12-17-14)19(9-8-16)11-13-6-4-3-5-7-13/h3-7,10,12H,2,8-9,11,16H2,1H3. The number of nitrogens with two attached hydrogens (primary N) is 1. The molecule has 0 amide bonds. The van der Waals surface area contributed by atoms with E-state index < -0.39 is 0 Å². The van der Waals surface area contributed by atoms with Gasteiger partial charge in [-0.15, -0.1) is 0 Å². The maximum atomic E-state index is 5.71. The van der Waals surface area contributed by atoms with Crippen molar-refractivity contribution >= 4 is 5.82 Å². The van der Waals surface area contributed by atoms with Gasteiger partial charge in [-0.2, -0.15) is 0 Å². The third-order valence-electron chi connectivity index (χ3n) is 3.01. The largest absolute Gasteiger partial charge is 0.351 e. The lowest BCUT2D eigenvalue weighted by Gasteiger charge is -2.23. The number of anilines is 1. The number of hydrogen-bond donors (Lipinski definition) is 1. The van der Waals surface area contributed by atoms with E-state index in [1.807, 2.05) is 24.3 Å². The Hall–Kier alpha value is -1.94. The number of nitrogens with zero attached hydrogens (tertiary/aromatic N) is 3. The minimum Gasteiger partial charge on any atom is -0.351 e. The molecule has 0 fully saturated rings. The lowest BCUT2D eigenvalue weighted by molar-refractivity contribution is 0.770. The van der Waals surface area contributed by atoms with Crippen LogP contribution in [0.2, 0.25) is 0 Å². The fourth-order valence-corrected chi connectivity index (χ4v) is 1.99. The van der Waals surface area contributed by atoms with Crippen LogP contribution < -0.4 is 10.6 Å². The van der Waals surface area contributed by atoms with Gasteiger partial charge in [0.25, 0.3) is 0 Å². The van der Waals surface area contributed by atoms with E-state index >= 15 is 0 Å². The van der Waals surface area contributed by atoms with E-state index in [1.54, 1.807) is 6.33 Å². The van der Waals surface area contributed by atoms with Crippen molar-refractivity contribution < 1.29 is 0 Å². The molecular weight excluding hydrogens is 236 g/mol. The highest BCUT2D eigenvalue weighted by Crippen LogP contribution is 2.14. The summed E-state index contributed by atoms with van der Waals surface area (Å²) in [6, 6.07) is 12.4. The van der Waals surface area contributed by atoms with Crippen LogP contribution >= 0.6 is 0 Å². The van der Waals surface area contributed by atoms with E-state index in [0.717, 1.165) is 31.0 Å². The topological polar surface area (TPSA) is 55.0 Å². The molecule has 4 heteroatoms. The summed E-state index contributed by atoms with van der Waals surface area (Å²) in [5.74, 6) is 0.946. The van der Waals surface area contributed by atoms with Crippen LogP contribution in [0.3, 0.4) is 0 Å². The fraction of sp³-hybridized carbons (Fsp3) is 0.333. The van der Waals surface area contributed by atoms with Gasteiger partial charge in [-0.1, -0.05) is 37.3 Å². The highest BCUT2D eigenvalue weighted by atomic mass is 15.2. The summed E-state index contributed by atoms with van der Waals surface area (Å²) in [7, 11) is 0. The van der Waals surface area contributed by atoms with E-state index in [-0.39, 0.29) is 0 Å². The first-order valence-corrected chi connectivity index (χ1v) is 6.63. The van der Waals surface area contributed by atoms with Crippen LogP contribution in [-0.2, 0) is 13.0 Å². The second kappa shape index (κ2) is 6.85. The molecule has 1 aromatic heterocycles. The van der Waals surface area contributed by atoms with Crippen LogP contribution in [0.1, 0.15) is 18.2 Å². The van der Waals surface area contributed by atoms with Crippen molar-refractivity contribution in [2.45, 2.75) is 19.9 Å². The minimum absolute atomic E-state index is 0.609. The van der Waals surface area contributed by atoms with Crippen molar-refractivity contribution in [3.63, 3.8) is 0 Å². The molecule has 0 radical (unpaired) electrons. The third-order valence-corrected chi connectivity index (χ3v) is 3.01. The van der Waals surface area contributed by atoms with Gasteiger partial charge in [0.1, 0.15) is 12.1 Å². The van der Waals surface area contributed by atoms with Gasteiger partial charge in [0.15, 0.2) is 0 Å². The highest BCUT2D eigenvalue weighted by Gasteiger charge is 2.08. The van der Waals surface area contributed by atoms with Gasteiger partial charge >= 0.3 is 0 Å². The first kappa shape index (κ1) is 13.5. The summed E-state index contributed by atoms with van der Waals surface area (Å²) >= 11 is 0. The first-order valence-electron chi connectivity index (χ1n) is 6.63.